The molecule has 1 unspecified atom stereocenters. The van der Waals surface area contributed by atoms with Crippen molar-refractivity contribution in [2.45, 2.75) is 39.1 Å². The Bertz CT molecular complexity index is 235. The zero-order valence-electron chi connectivity index (χ0n) is 11.3. The van der Waals surface area contributed by atoms with E-state index in [1.54, 1.807) is 0 Å². The predicted molar refractivity (Wildman–Crippen MR) is 70.5 cm³/mol. The molecule has 4 nitrogen and oxygen atoms in total. The van der Waals surface area contributed by atoms with Gasteiger partial charge in [-0.2, -0.15) is 0 Å². The molecule has 5 heteroatoms. The van der Waals surface area contributed by atoms with Gasteiger partial charge in [-0.15, -0.1) is 0 Å². The predicted octanol–water partition coefficient (Wildman–Crippen LogP) is 2.36. The fourth-order valence-electron chi connectivity index (χ4n) is 1.01. The van der Waals surface area contributed by atoms with Gasteiger partial charge < -0.3 is 13.9 Å². The summed E-state index contributed by atoms with van der Waals surface area (Å²) in [6.45, 7) is 13.0. The molecule has 0 rings (SSSR count). The lowest BCUT2D eigenvalue weighted by Gasteiger charge is -2.23. The van der Waals surface area contributed by atoms with Crippen LogP contribution in [0.4, 0.5) is 0 Å². The highest BCUT2D eigenvalue weighted by atomic mass is 28.4. The zero-order valence-corrected chi connectivity index (χ0v) is 12.3. The second kappa shape index (κ2) is 8.44. The molecule has 0 aliphatic rings. The van der Waals surface area contributed by atoms with Crippen molar-refractivity contribution in [3.63, 3.8) is 0 Å². The standard InChI is InChI=1S/C12H24O4Si/c1-6-8-14-11(9-15-12(13)7-2)10-16-17(3,4)5/h7,11H,2,6,8-10H2,1,3-5H3. The van der Waals surface area contributed by atoms with E-state index in [9.17, 15) is 4.79 Å². The van der Waals surface area contributed by atoms with E-state index in [0.29, 0.717) is 13.2 Å². The van der Waals surface area contributed by atoms with E-state index < -0.39 is 14.3 Å². The highest BCUT2D eigenvalue weighted by Gasteiger charge is 2.19. The third-order valence-corrected chi connectivity index (χ3v) is 2.87. The Morgan fingerprint density at radius 3 is 2.47 bits per heavy atom. The Morgan fingerprint density at radius 1 is 1.35 bits per heavy atom. The van der Waals surface area contributed by atoms with Crippen LogP contribution >= 0.6 is 0 Å². The summed E-state index contributed by atoms with van der Waals surface area (Å²) in [4.78, 5) is 11.0. The molecule has 0 aliphatic heterocycles. The van der Waals surface area contributed by atoms with Crippen LogP contribution in [0.25, 0.3) is 0 Å². The molecule has 0 N–H and O–H groups in total. The van der Waals surface area contributed by atoms with Crippen molar-refractivity contribution in [3.8, 4) is 0 Å². The first-order valence-corrected chi connectivity index (χ1v) is 9.34. The van der Waals surface area contributed by atoms with Gasteiger partial charge in [-0.1, -0.05) is 13.5 Å². The van der Waals surface area contributed by atoms with Crippen LogP contribution in [0.15, 0.2) is 12.7 Å². The second-order valence-corrected chi connectivity index (χ2v) is 9.26. The molecule has 0 bridgehead atoms. The Morgan fingerprint density at radius 2 is 2.00 bits per heavy atom. The van der Waals surface area contributed by atoms with Crippen LogP contribution in [0.2, 0.25) is 19.6 Å². The highest BCUT2D eigenvalue weighted by Crippen LogP contribution is 2.06. The molecule has 0 aromatic heterocycles. The van der Waals surface area contributed by atoms with Gasteiger partial charge in [-0.25, -0.2) is 4.79 Å². The fraction of sp³-hybridized carbons (Fsp3) is 0.750. The minimum atomic E-state index is -1.56. The lowest BCUT2D eigenvalue weighted by molar-refractivity contribution is -0.142. The van der Waals surface area contributed by atoms with Crippen molar-refractivity contribution in [2.75, 3.05) is 19.8 Å². The normalized spacial score (nSPS) is 13.2. The van der Waals surface area contributed by atoms with Crippen molar-refractivity contribution >= 4 is 14.3 Å². The summed E-state index contributed by atoms with van der Waals surface area (Å²) in [5, 5.41) is 0. The number of carbonyl (C=O) groups excluding carboxylic acids is 1. The Kier molecular flexibility index (Phi) is 8.12. The van der Waals surface area contributed by atoms with Gasteiger partial charge in [0.1, 0.15) is 12.7 Å². The van der Waals surface area contributed by atoms with Gasteiger partial charge in [0.2, 0.25) is 0 Å². The summed E-state index contributed by atoms with van der Waals surface area (Å²) in [6, 6.07) is 0. The van der Waals surface area contributed by atoms with Crippen LogP contribution < -0.4 is 0 Å². The molecule has 0 amide bonds. The molecule has 0 aromatic rings. The summed E-state index contributed by atoms with van der Waals surface area (Å²) in [5.74, 6) is -0.428. The monoisotopic (exact) mass is 260 g/mol. The van der Waals surface area contributed by atoms with E-state index in [1.165, 1.54) is 0 Å². The molecular weight excluding hydrogens is 236 g/mol. The second-order valence-electron chi connectivity index (χ2n) is 4.75. The van der Waals surface area contributed by atoms with Crippen LogP contribution in [0.3, 0.4) is 0 Å². The number of ether oxygens (including phenoxy) is 2. The lowest BCUT2D eigenvalue weighted by Crippen LogP contribution is -2.34. The summed E-state index contributed by atoms with van der Waals surface area (Å²) in [5.41, 5.74) is 0. The summed E-state index contributed by atoms with van der Waals surface area (Å²) >= 11 is 0. The van der Waals surface area contributed by atoms with Gasteiger partial charge in [0.05, 0.1) is 6.61 Å². The summed E-state index contributed by atoms with van der Waals surface area (Å²) in [7, 11) is -1.56. The molecule has 0 spiro atoms. The first-order valence-electron chi connectivity index (χ1n) is 5.93. The molecule has 0 saturated carbocycles. The topological polar surface area (TPSA) is 44.8 Å². The number of rotatable bonds is 9. The number of carbonyl (C=O) groups is 1. The molecule has 1 atom stereocenters. The molecule has 0 radical (unpaired) electrons. The SMILES string of the molecule is C=CC(=O)OCC(CO[Si](C)(C)C)OCCC. The van der Waals surface area contributed by atoms with E-state index >= 15 is 0 Å². The third kappa shape index (κ3) is 10.2. The minimum absolute atomic E-state index is 0.189. The maximum atomic E-state index is 11.0. The highest BCUT2D eigenvalue weighted by molar-refractivity contribution is 6.69. The van der Waals surface area contributed by atoms with Gasteiger partial charge in [0, 0.05) is 12.7 Å². The molecule has 0 saturated heterocycles. The van der Waals surface area contributed by atoms with Gasteiger partial charge in [0.25, 0.3) is 0 Å². The van der Waals surface area contributed by atoms with Crippen LogP contribution in [0, 0.1) is 0 Å². The van der Waals surface area contributed by atoms with E-state index in [4.69, 9.17) is 13.9 Å². The van der Waals surface area contributed by atoms with Crippen molar-refractivity contribution in [3.05, 3.63) is 12.7 Å². The van der Waals surface area contributed by atoms with Crippen LogP contribution in [-0.4, -0.2) is 40.2 Å². The van der Waals surface area contributed by atoms with Gasteiger partial charge >= 0.3 is 5.97 Å². The fourth-order valence-corrected chi connectivity index (χ4v) is 1.69. The molecule has 17 heavy (non-hydrogen) atoms. The van der Waals surface area contributed by atoms with E-state index in [1.807, 2.05) is 6.92 Å². The van der Waals surface area contributed by atoms with E-state index in [2.05, 4.69) is 26.2 Å². The number of esters is 1. The third-order valence-electron chi connectivity index (χ3n) is 1.84. The average molecular weight is 260 g/mol. The molecule has 0 fully saturated rings. The Labute approximate surface area is 105 Å². The molecular formula is C12H24O4Si. The average Bonchev–Trinajstić information content (AvgIpc) is 2.26. The molecule has 0 aliphatic carbocycles. The van der Waals surface area contributed by atoms with Crippen LogP contribution in [0.1, 0.15) is 13.3 Å². The quantitative estimate of drug-likeness (QED) is 0.363. The van der Waals surface area contributed by atoms with Gasteiger partial charge in [-0.05, 0) is 26.1 Å². The maximum absolute atomic E-state index is 11.0. The first-order chi connectivity index (χ1) is 7.89. The van der Waals surface area contributed by atoms with Gasteiger partial charge in [-0.3, -0.25) is 0 Å². The van der Waals surface area contributed by atoms with E-state index in [0.717, 1.165) is 12.5 Å². The molecule has 0 aromatic carbocycles. The van der Waals surface area contributed by atoms with Gasteiger partial charge in [0.15, 0.2) is 8.32 Å². The Balaban J connectivity index is 4.04. The Hall–Kier alpha value is -0.653. The summed E-state index contributed by atoms with van der Waals surface area (Å²) < 4.78 is 16.3. The van der Waals surface area contributed by atoms with Crippen molar-refractivity contribution in [1.29, 1.82) is 0 Å². The summed E-state index contributed by atoms with van der Waals surface area (Å²) in [6.07, 6.45) is 1.89. The van der Waals surface area contributed by atoms with E-state index in [-0.39, 0.29) is 12.7 Å². The van der Waals surface area contributed by atoms with Crippen molar-refractivity contribution in [2.24, 2.45) is 0 Å². The molecule has 0 heterocycles. The van der Waals surface area contributed by atoms with Crippen molar-refractivity contribution < 1.29 is 18.7 Å². The lowest BCUT2D eigenvalue weighted by atomic mass is 10.4. The molecule has 100 valence electrons. The van der Waals surface area contributed by atoms with Crippen molar-refractivity contribution in [1.82, 2.24) is 0 Å². The zero-order chi connectivity index (χ0) is 13.3. The first kappa shape index (κ1) is 16.3. The number of hydrogen-bond acceptors (Lipinski definition) is 4. The maximum Gasteiger partial charge on any atom is 0.330 e. The smallest absolute Gasteiger partial charge is 0.330 e. The number of hydrogen-bond donors (Lipinski definition) is 0. The largest absolute Gasteiger partial charge is 0.460 e. The minimum Gasteiger partial charge on any atom is -0.460 e. The van der Waals surface area contributed by atoms with Crippen LogP contribution in [-0.2, 0) is 18.7 Å². The van der Waals surface area contributed by atoms with Crippen LogP contribution in [0.5, 0.6) is 0 Å².